The van der Waals surface area contributed by atoms with Crippen LogP contribution in [0.15, 0.2) is 104 Å². The number of rotatable bonds is 9. The summed E-state index contributed by atoms with van der Waals surface area (Å²) in [4.78, 5) is -2.99. The minimum absolute atomic E-state index is 0. The summed E-state index contributed by atoms with van der Waals surface area (Å²) in [7, 11) is -15.6. The van der Waals surface area contributed by atoms with E-state index in [-0.39, 0.29) is 156 Å². The van der Waals surface area contributed by atoms with E-state index in [1.54, 1.807) is 0 Å². The molecule has 19 nitrogen and oxygen atoms in total. The van der Waals surface area contributed by atoms with E-state index in [1.165, 1.54) is 24.3 Å². The minimum Gasteiger partial charge on any atom is -0.871 e. The van der Waals surface area contributed by atoms with Gasteiger partial charge in [0, 0.05) is 11.1 Å². The molecule has 0 aliphatic rings. The maximum atomic E-state index is 13.2. The fraction of sp³-hybridized carbons (Fsp3) is 0. The second kappa shape index (κ2) is 20.7. The molecule has 0 saturated heterocycles. The molecule has 27 heteroatoms. The molecular formula is C32H17Cu2N4Na3O15S3. The molecule has 6 rings (SSSR count). The third-order valence-electron chi connectivity index (χ3n) is 7.81. The van der Waals surface area contributed by atoms with Gasteiger partial charge in [0.25, 0.3) is 0 Å². The molecule has 2 radical (unpaired) electrons. The molecule has 4 N–H and O–H groups in total. The van der Waals surface area contributed by atoms with Crippen molar-refractivity contribution < 1.29 is 192 Å². The van der Waals surface area contributed by atoms with E-state index < -0.39 is 102 Å². The molecule has 0 bridgehead atoms. The Hall–Kier alpha value is -2.39. The number of azo groups is 1. The standard InChI is InChI=1S/C32H24N4O15S3.2Cu.3Na/c37-22-5-2-14(9-21(22)34-36-31-27(54(49,50)51)11-17-8-19(53(46,47)48)13-26(41)29(17)32(31)42)15-1-4-20(24(39)10-15)33-35-30-23(38)6-3-16-7-18(52(43,44)45)12-25(40)28(16)30;;;;;/h1-13,34,36-42H,(H,43,44,45)(H,46,47,48)(H,49,50,51);;;;;/q;2*+2;3*+1/p-7. The second-order valence-electron chi connectivity index (χ2n) is 11.3. The minimum atomic E-state index is -5.48. The summed E-state index contributed by atoms with van der Waals surface area (Å²) in [5.74, 6) is -5.36. The van der Waals surface area contributed by atoms with E-state index in [2.05, 4.69) is 21.1 Å². The second-order valence-corrected chi connectivity index (χ2v) is 15.4. The molecule has 6 aromatic carbocycles. The smallest absolute Gasteiger partial charge is 0.871 e. The Morgan fingerprint density at radius 1 is 0.525 bits per heavy atom. The molecule has 59 heavy (non-hydrogen) atoms. The van der Waals surface area contributed by atoms with E-state index >= 15 is 0 Å². The van der Waals surface area contributed by atoms with Crippen molar-refractivity contribution in [2.24, 2.45) is 10.2 Å². The molecule has 298 valence electrons. The van der Waals surface area contributed by atoms with Crippen molar-refractivity contribution in [3.63, 3.8) is 0 Å². The first-order valence-corrected chi connectivity index (χ1v) is 18.8. The average molecular weight is 990 g/mol. The molecule has 0 spiro atoms. The van der Waals surface area contributed by atoms with Gasteiger partial charge in [-0.1, -0.05) is 59.4 Å². The monoisotopic (exact) mass is 988 g/mol. The average Bonchev–Trinajstić information content (AvgIpc) is 3.07. The molecular weight excluding hydrogens is 973 g/mol. The van der Waals surface area contributed by atoms with Crippen LogP contribution in [0.4, 0.5) is 22.7 Å². The van der Waals surface area contributed by atoms with Crippen LogP contribution in [-0.4, -0.2) is 49.1 Å². The van der Waals surface area contributed by atoms with Crippen molar-refractivity contribution in [1.29, 1.82) is 0 Å². The van der Waals surface area contributed by atoms with E-state index in [9.17, 15) is 69.6 Å². The summed E-state index contributed by atoms with van der Waals surface area (Å²) in [6, 6.07) is 12.4. The van der Waals surface area contributed by atoms with Gasteiger partial charge < -0.3 is 55.1 Å². The number of nitrogens with one attached hydrogen (secondary N) is 2. The van der Waals surface area contributed by atoms with Crippen molar-refractivity contribution in [2.45, 2.75) is 14.7 Å². The fourth-order valence-corrected chi connectivity index (χ4v) is 7.05. The van der Waals surface area contributed by atoms with Crippen LogP contribution in [0, 0.1) is 0 Å². The molecule has 0 atom stereocenters. The van der Waals surface area contributed by atoms with Crippen molar-refractivity contribution in [1.82, 2.24) is 0 Å². The molecule has 0 aliphatic heterocycles. The zero-order chi connectivity index (χ0) is 39.5. The maximum absolute atomic E-state index is 13.2. The van der Waals surface area contributed by atoms with Gasteiger partial charge in [0.2, 0.25) is 0 Å². The summed E-state index contributed by atoms with van der Waals surface area (Å²) in [5.41, 5.74) is 2.77. The largest absolute Gasteiger partial charge is 2.00 e. The Kier molecular flexibility index (Phi) is 19.1. The van der Waals surface area contributed by atoms with Gasteiger partial charge in [-0.05, 0) is 64.4 Å². The third kappa shape index (κ3) is 11.8. The van der Waals surface area contributed by atoms with Gasteiger partial charge in [-0.15, -0.1) is 0 Å². The van der Waals surface area contributed by atoms with Crippen LogP contribution in [-0.2, 0) is 64.5 Å². The van der Waals surface area contributed by atoms with Gasteiger partial charge in [0.15, 0.2) is 0 Å². The Labute approximate surface area is 422 Å². The van der Waals surface area contributed by atoms with E-state index in [4.69, 9.17) is 0 Å². The first-order chi connectivity index (χ1) is 25.1. The van der Waals surface area contributed by atoms with Gasteiger partial charge in [0.1, 0.15) is 41.9 Å². The van der Waals surface area contributed by atoms with Gasteiger partial charge in [0.05, 0.1) is 37.1 Å². The van der Waals surface area contributed by atoms with Gasteiger partial charge in [-0.2, -0.15) is 10.2 Å². The third-order valence-corrected chi connectivity index (χ3v) is 10.3. The number of aromatic hydroxyl groups is 2. The number of hydrogen-bond donors (Lipinski definition) is 4. The van der Waals surface area contributed by atoms with Crippen LogP contribution in [0.25, 0.3) is 32.7 Å². The first kappa shape index (κ1) is 54.6. The molecule has 0 fully saturated rings. The quantitative estimate of drug-likeness (QED) is 0.0453. The van der Waals surface area contributed by atoms with Crippen LogP contribution >= 0.6 is 0 Å². The fourth-order valence-electron chi connectivity index (χ4n) is 5.33. The predicted molar refractivity (Wildman–Crippen MR) is 176 cm³/mol. The number of anilines is 2. The van der Waals surface area contributed by atoms with Gasteiger partial charge in [-0.3, -0.25) is 0 Å². The van der Waals surface area contributed by atoms with E-state index in [0.29, 0.717) is 24.3 Å². The Morgan fingerprint density at radius 2 is 1.05 bits per heavy atom. The number of hydrazine groups is 1. The van der Waals surface area contributed by atoms with Crippen LogP contribution in [0.5, 0.6) is 34.5 Å². The van der Waals surface area contributed by atoms with Crippen LogP contribution in [0.1, 0.15) is 0 Å². The number of phenolic OH excluding ortho intramolecular Hbond substituents is 2. The number of nitrogens with zero attached hydrogens (tertiary/aromatic N) is 2. The normalized spacial score (nSPS) is 11.4. The Morgan fingerprint density at radius 3 is 1.61 bits per heavy atom. The summed E-state index contributed by atoms with van der Waals surface area (Å²) in [6.07, 6.45) is 0. The zero-order valence-electron chi connectivity index (χ0n) is 29.9. The predicted octanol–water partition coefficient (Wildman–Crippen LogP) is -7.06. The van der Waals surface area contributed by atoms with E-state index in [0.717, 1.165) is 30.3 Å². The Balaban J connectivity index is 0.00000348. The number of hydrogen-bond acceptors (Lipinski definition) is 19. The van der Waals surface area contributed by atoms with Gasteiger partial charge in [-0.25, -0.2) is 25.3 Å². The summed E-state index contributed by atoms with van der Waals surface area (Å²) < 4.78 is 105. The van der Waals surface area contributed by atoms with Crippen molar-refractivity contribution in [3.05, 3.63) is 78.9 Å². The summed E-state index contributed by atoms with van der Waals surface area (Å²) in [6.45, 7) is 0. The zero-order valence-corrected chi connectivity index (χ0v) is 40.3. The van der Waals surface area contributed by atoms with Crippen molar-refractivity contribution in [2.75, 3.05) is 10.9 Å². The van der Waals surface area contributed by atoms with E-state index in [1.807, 2.05) is 0 Å². The number of phenols is 2. The maximum Gasteiger partial charge on any atom is 2.00 e. The molecule has 0 heterocycles. The summed E-state index contributed by atoms with van der Waals surface area (Å²) >= 11 is 0. The molecule has 0 aromatic heterocycles. The molecule has 0 saturated carbocycles. The molecule has 6 aromatic rings. The van der Waals surface area contributed by atoms with Gasteiger partial charge >= 0.3 is 123 Å². The number of fused-ring (bicyclic) bond motifs is 2. The van der Waals surface area contributed by atoms with Crippen LogP contribution in [0.2, 0.25) is 0 Å². The topological polar surface area (TPSA) is 353 Å². The molecule has 0 amide bonds. The number of benzene rings is 6. The van der Waals surface area contributed by atoms with Crippen molar-refractivity contribution >= 4 is 74.6 Å². The van der Waals surface area contributed by atoms with Crippen LogP contribution in [0.3, 0.4) is 0 Å². The summed E-state index contributed by atoms with van der Waals surface area (Å²) in [5, 5.41) is 78.3. The van der Waals surface area contributed by atoms with Crippen molar-refractivity contribution in [3.8, 4) is 45.6 Å². The SMILES string of the molecule is O=S(=O)([O-])c1cc(O)c2c([O-])c(NNc3cc(-c4ccc(N=Nc5c([O-])ccc6cc(S(=O)(=O)[O-])cc(O)c56)c([O-])c4)ccc3[O-])c(S(=O)(=O)[O-])cc2c1.[Cu+2].[Cu+2].[Na+].[Na+].[Na+]. The first-order valence-electron chi connectivity index (χ1n) is 14.5. The van der Waals surface area contributed by atoms with Crippen LogP contribution < -0.4 is 120 Å². The molecule has 0 unspecified atom stereocenters. The molecule has 0 aliphatic carbocycles. The Bertz CT molecular complexity index is 2970.